The summed E-state index contributed by atoms with van der Waals surface area (Å²) in [5.41, 5.74) is 3.12. The van der Waals surface area contributed by atoms with E-state index in [0.717, 1.165) is 36.9 Å². The number of hydrogen-bond acceptors (Lipinski definition) is 5. The van der Waals surface area contributed by atoms with E-state index in [-0.39, 0.29) is 24.1 Å². The molecule has 2 heterocycles. The number of aromatic amines is 1. The molecule has 1 aliphatic heterocycles. The number of rotatable bonds is 7. The lowest BCUT2D eigenvalue weighted by Gasteiger charge is -2.40. The number of nitriles is 1. The zero-order valence-corrected chi connectivity index (χ0v) is 18.7. The van der Waals surface area contributed by atoms with Crippen molar-refractivity contribution in [2.75, 3.05) is 26.8 Å². The molecule has 0 radical (unpaired) electrons. The molecule has 0 saturated heterocycles. The number of para-hydroxylation sites is 1. The summed E-state index contributed by atoms with van der Waals surface area (Å²) in [6, 6.07) is 8.27. The van der Waals surface area contributed by atoms with Crippen LogP contribution in [0, 0.1) is 16.9 Å². The van der Waals surface area contributed by atoms with Gasteiger partial charge in [0.05, 0.1) is 0 Å². The number of aromatic nitrogens is 1. The fourth-order valence-electron chi connectivity index (χ4n) is 4.97. The molecule has 1 aromatic heterocycles. The maximum Gasteiger partial charge on any atom is 0.306 e. The third kappa shape index (κ3) is 4.94. The third-order valence-corrected chi connectivity index (χ3v) is 6.67. The molecule has 1 aromatic carbocycles. The molecule has 31 heavy (non-hydrogen) atoms. The maximum atomic E-state index is 12.3. The van der Waals surface area contributed by atoms with E-state index >= 15 is 0 Å². The fraction of sp³-hybridized carbons (Fsp3) is 0.520. The van der Waals surface area contributed by atoms with Crippen LogP contribution >= 0.6 is 0 Å². The summed E-state index contributed by atoms with van der Waals surface area (Å²) >= 11 is 0. The van der Waals surface area contributed by atoms with E-state index in [0.29, 0.717) is 25.9 Å². The quantitative estimate of drug-likeness (QED) is 0.390. The van der Waals surface area contributed by atoms with Gasteiger partial charge in [-0.05, 0) is 43.7 Å². The predicted octanol–water partition coefficient (Wildman–Crippen LogP) is 4.88. The summed E-state index contributed by atoms with van der Waals surface area (Å²) in [5, 5.41) is 10.8. The van der Waals surface area contributed by atoms with Crippen molar-refractivity contribution < 1.29 is 14.3 Å². The van der Waals surface area contributed by atoms with Gasteiger partial charge in [0.2, 0.25) is 0 Å². The standard InChI is InChI=1S/C25H33N3O3/c1-4-17-31-22(29)11-14-25(5-2)13-8-15-28(18-26)16-12-20-19-9-6-7-10-21(19)27-23(20)24(25)30-3/h4,6-7,9-10,24,27H,1,5,8,11-17H2,2-3H3/t24-,25-/m0/s1. The number of esters is 1. The van der Waals surface area contributed by atoms with Crippen LogP contribution in [0.3, 0.4) is 0 Å². The highest BCUT2D eigenvalue weighted by molar-refractivity contribution is 5.85. The Hall–Kier alpha value is -2.78. The third-order valence-electron chi connectivity index (χ3n) is 6.67. The largest absolute Gasteiger partial charge is 0.461 e. The van der Waals surface area contributed by atoms with Gasteiger partial charge in [-0.3, -0.25) is 4.79 Å². The molecule has 0 saturated carbocycles. The number of nitrogens with one attached hydrogen (secondary N) is 1. The summed E-state index contributed by atoms with van der Waals surface area (Å²) in [5.74, 6) is -0.213. The lowest BCUT2D eigenvalue weighted by Crippen LogP contribution is -2.34. The average molecular weight is 424 g/mol. The summed E-state index contributed by atoms with van der Waals surface area (Å²) in [6.07, 6.45) is 8.13. The molecule has 0 amide bonds. The highest BCUT2D eigenvalue weighted by Gasteiger charge is 2.41. The summed E-state index contributed by atoms with van der Waals surface area (Å²) in [6.45, 7) is 7.41. The lowest BCUT2D eigenvalue weighted by molar-refractivity contribution is -0.144. The van der Waals surface area contributed by atoms with E-state index in [9.17, 15) is 10.1 Å². The van der Waals surface area contributed by atoms with Crippen LogP contribution in [0.25, 0.3) is 10.9 Å². The van der Waals surface area contributed by atoms with Crippen LogP contribution in [-0.2, 0) is 20.7 Å². The van der Waals surface area contributed by atoms with Gasteiger partial charge in [0.15, 0.2) is 6.19 Å². The van der Waals surface area contributed by atoms with E-state index < -0.39 is 0 Å². The Morgan fingerprint density at radius 2 is 2.23 bits per heavy atom. The first-order valence-corrected chi connectivity index (χ1v) is 11.1. The first kappa shape index (κ1) is 22.9. The first-order valence-electron chi connectivity index (χ1n) is 11.1. The summed E-state index contributed by atoms with van der Waals surface area (Å²) in [7, 11) is 1.76. The van der Waals surface area contributed by atoms with Gasteiger partial charge in [0.1, 0.15) is 12.7 Å². The van der Waals surface area contributed by atoms with Crippen LogP contribution in [-0.4, -0.2) is 42.7 Å². The number of hydrogen-bond donors (Lipinski definition) is 1. The second-order valence-corrected chi connectivity index (χ2v) is 8.31. The van der Waals surface area contributed by atoms with Crippen molar-refractivity contribution in [2.45, 2.75) is 51.6 Å². The zero-order valence-electron chi connectivity index (χ0n) is 18.7. The molecule has 3 rings (SSSR count). The van der Waals surface area contributed by atoms with E-state index in [1.54, 1.807) is 13.2 Å². The number of H-pyrrole nitrogens is 1. The second kappa shape index (κ2) is 10.5. The van der Waals surface area contributed by atoms with Gasteiger partial charge >= 0.3 is 5.97 Å². The normalized spacial score (nSPS) is 21.8. The Labute approximate surface area is 184 Å². The van der Waals surface area contributed by atoms with Crippen molar-refractivity contribution in [2.24, 2.45) is 5.41 Å². The Morgan fingerprint density at radius 3 is 2.94 bits per heavy atom. The molecular formula is C25H33N3O3. The van der Waals surface area contributed by atoms with Crippen LogP contribution < -0.4 is 0 Å². The Kier molecular flexibility index (Phi) is 7.75. The fourth-order valence-corrected chi connectivity index (χ4v) is 4.97. The van der Waals surface area contributed by atoms with Gasteiger partial charge in [0, 0.05) is 48.6 Å². The van der Waals surface area contributed by atoms with Crippen molar-refractivity contribution in [3.63, 3.8) is 0 Å². The van der Waals surface area contributed by atoms with Crippen LogP contribution in [0.1, 0.15) is 56.4 Å². The molecule has 166 valence electrons. The molecule has 0 spiro atoms. The average Bonchev–Trinajstić information content (AvgIpc) is 3.16. The predicted molar refractivity (Wildman–Crippen MR) is 121 cm³/mol. The van der Waals surface area contributed by atoms with Gasteiger partial charge in [-0.25, -0.2) is 0 Å². The van der Waals surface area contributed by atoms with Gasteiger partial charge in [-0.1, -0.05) is 37.8 Å². The van der Waals surface area contributed by atoms with Crippen molar-refractivity contribution in [1.82, 2.24) is 9.88 Å². The number of methoxy groups -OCH3 is 1. The minimum absolute atomic E-state index is 0.166. The summed E-state index contributed by atoms with van der Waals surface area (Å²) in [4.78, 5) is 17.8. The highest BCUT2D eigenvalue weighted by atomic mass is 16.5. The number of fused-ring (bicyclic) bond motifs is 3. The molecule has 1 N–H and O–H groups in total. The van der Waals surface area contributed by atoms with Crippen LogP contribution in [0.4, 0.5) is 0 Å². The van der Waals surface area contributed by atoms with Crippen molar-refractivity contribution in [3.8, 4) is 6.19 Å². The van der Waals surface area contributed by atoms with E-state index in [1.807, 2.05) is 17.0 Å². The topological polar surface area (TPSA) is 78.4 Å². The number of carbonyl (C=O) groups excluding carboxylic acids is 1. The van der Waals surface area contributed by atoms with Gasteiger partial charge < -0.3 is 19.4 Å². The first-order chi connectivity index (χ1) is 15.1. The molecule has 6 nitrogen and oxygen atoms in total. The van der Waals surface area contributed by atoms with Crippen molar-refractivity contribution in [3.05, 3.63) is 48.2 Å². The number of nitrogens with zero attached hydrogens (tertiary/aromatic N) is 2. The van der Waals surface area contributed by atoms with E-state index in [4.69, 9.17) is 9.47 Å². The van der Waals surface area contributed by atoms with Crippen LogP contribution in [0.15, 0.2) is 36.9 Å². The molecule has 0 bridgehead atoms. The lowest BCUT2D eigenvalue weighted by atomic mass is 9.70. The molecule has 2 aromatic rings. The molecule has 2 atom stereocenters. The molecular weight excluding hydrogens is 390 g/mol. The van der Waals surface area contributed by atoms with Crippen LogP contribution in [0.5, 0.6) is 0 Å². The summed E-state index contributed by atoms with van der Waals surface area (Å²) < 4.78 is 11.4. The minimum Gasteiger partial charge on any atom is -0.461 e. The zero-order chi connectivity index (χ0) is 22.3. The van der Waals surface area contributed by atoms with Gasteiger partial charge in [-0.15, -0.1) is 0 Å². The number of benzene rings is 1. The highest BCUT2D eigenvalue weighted by Crippen LogP contribution is 2.49. The monoisotopic (exact) mass is 423 g/mol. The molecule has 6 heteroatoms. The van der Waals surface area contributed by atoms with E-state index in [1.165, 1.54) is 10.9 Å². The van der Waals surface area contributed by atoms with Crippen molar-refractivity contribution in [1.29, 1.82) is 5.26 Å². The molecule has 0 aliphatic carbocycles. The minimum atomic E-state index is -0.240. The smallest absolute Gasteiger partial charge is 0.306 e. The SMILES string of the molecule is C=CCOC(=O)CC[C@]1(CC)CCCN(C#N)CCc2c([nH]c3ccccc23)[C@@H]1OC. The Morgan fingerprint density at radius 1 is 1.42 bits per heavy atom. The molecule has 0 unspecified atom stereocenters. The Balaban J connectivity index is 2.04. The van der Waals surface area contributed by atoms with Crippen molar-refractivity contribution >= 4 is 16.9 Å². The van der Waals surface area contributed by atoms with E-state index in [2.05, 4.69) is 36.8 Å². The number of carbonyl (C=O) groups is 1. The van der Waals surface area contributed by atoms with Crippen LogP contribution in [0.2, 0.25) is 0 Å². The molecule has 1 aliphatic rings. The second-order valence-electron chi connectivity index (χ2n) is 8.31. The van der Waals surface area contributed by atoms with Gasteiger partial charge in [-0.2, -0.15) is 5.26 Å². The number of ether oxygens (including phenoxy) is 2. The van der Waals surface area contributed by atoms with Gasteiger partial charge in [0.25, 0.3) is 0 Å². The Bertz CT molecular complexity index is 945. The maximum absolute atomic E-state index is 12.3. The molecule has 0 fully saturated rings.